The van der Waals surface area contributed by atoms with Gasteiger partial charge in [0.2, 0.25) is 5.91 Å². The highest BCUT2D eigenvalue weighted by molar-refractivity contribution is 5.94. The second kappa shape index (κ2) is 8.61. The van der Waals surface area contributed by atoms with Crippen LogP contribution < -0.4 is 0 Å². The monoisotopic (exact) mass is 306 g/mol. The zero-order valence-corrected chi connectivity index (χ0v) is 13.4. The summed E-state index contributed by atoms with van der Waals surface area (Å²) in [5, 5.41) is 0. The van der Waals surface area contributed by atoms with Crippen LogP contribution in [0.25, 0.3) is 0 Å². The Morgan fingerprint density at radius 1 is 1.05 bits per heavy atom. The quantitative estimate of drug-likeness (QED) is 0.728. The molecule has 1 aliphatic rings. The third-order valence-electron chi connectivity index (χ3n) is 4.18. The van der Waals surface area contributed by atoms with Crippen LogP contribution in [0.4, 0.5) is 0 Å². The standard InChI is InChI=1S/C17H26N2O3/c1-2-3-4-5-6-7-16(20)18-9-11-19(12-10-18)17(21)15-8-13-22-14-15/h8,13-14H,2-7,9-12H2,1H3. The number of unbranched alkanes of at least 4 members (excludes halogenated alkanes) is 4. The van der Waals surface area contributed by atoms with Gasteiger partial charge in [0.05, 0.1) is 11.8 Å². The summed E-state index contributed by atoms with van der Waals surface area (Å²) in [6.07, 6.45) is 9.42. The molecule has 0 N–H and O–H groups in total. The van der Waals surface area contributed by atoms with Gasteiger partial charge in [-0.25, -0.2) is 0 Å². The van der Waals surface area contributed by atoms with Crippen LogP contribution in [0.5, 0.6) is 0 Å². The maximum atomic E-state index is 12.2. The second-order valence-corrected chi connectivity index (χ2v) is 5.85. The highest BCUT2D eigenvalue weighted by atomic mass is 16.3. The molecule has 2 heterocycles. The van der Waals surface area contributed by atoms with Crippen LogP contribution in [0, 0.1) is 0 Å². The molecular weight excluding hydrogens is 280 g/mol. The van der Waals surface area contributed by atoms with Crippen molar-refractivity contribution < 1.29 is 14.0 Å². The molecule has 2 rings (SSSR count). The largest absolute Gasteiger partial charge is 0.472 e. The Labute approximate surface area is 132 Å². The lowest BCUT2D eigenvalue weighted by Gasteiger charge is -2.34. The predicted molar refractivity (Wildman–Crippen MR) is 84.6 cm³/mol. The van der Waals surface area contributed by atoms with Crippen LogP contribution in [-0.4, -0.2) is 47.8 Å². The van der Waals surface area contributed by atoms with Crippen LogP contribution in [-0.2, 0) is 4.79 Å². The van der Waals surface area contributed by atoms with Gasteiger partial charge in [-0.3, -0.25) is 9.59 Å². The number of rotatable bonds is 7. The van der Waals surface area contributed by atoms with Crippen molar-refractivity contribution in [1.82, 2.24) is 9.80 Å². The molecule has 1 saturated heterocycles. The van der Waals surface area contributed by atoms with Crippen molar-refractivity contribution in [3.8, 4) is 0 Å². The van der Waals surface area contributed by atoms with Crippen molar-refractivity contribution in [2.24, 2.45) is 0 Å². The molecular formula is C17H26N2O3. The first-order valence-electron chi connectivity index (χ1n) is 8.31. The number of amides is 2. The van der Waals surface area contributed by atoms with Crippen LogP contribution in [0.1, 0.15) is 55.8 Å². The molecule has 22 heavy (non-hydrogen) atoms. The molecule has 5 heteroatoms. The molecule has 0 aliphatic carbocycles. The molecule has 0 aromatic carbocycles. The summed E-state index contributed by atoms with van der Waals surface area (Å²) in [6, 6.07) is 1.68. The molecule has 0 spiro atoms. The lowest BCUT2D eigenvalue weighted by atomic mass is 10.1. The number of furan rings is 1. The fourth-order valence-electron chi connectivity index (χ4n) is 2.77. The van der Waals surface area contributed by atoms with Gasteiger partial charge in [0.15, 0.2) is 0 Å². The van der Waals surface area contributed by atoms with E-state index in [-0.39, 0.29) is 11.8 Å². The van der Waals surface area contributed by atoms with Gasteiger partial charge in [-0.05, 0) is 12.5 Å². The maximum Gasteiger partial charge on any atom is 0.257 e. The van der Waals surface area contributed by atoms with Gasteiger partial charge in [0.1, 0.15) is 6.26 Å². The van der Waals surface area contributed by atoms with Gasteiger partial charge in [0.25, 0.3) is 5.91 Å². The van der Waals surface area contributed by atoms with E-state index in [1.165, 1.54) is 31.8 Å². The minimum atomic E-state index is -0.0135. The number of hydrogen-bond donors (Lipinski definition) is 0. The molecule has 2 amide bonds. The van der Waals surface area contributed by atoms with Crippen molar-refractivity contribution in [3.63, 3.8) is 0 Å². The summed E-state index contributed by atoms with van der Waals surface area (Å²) in [5.74, 6) is 0.215. The zero-order chi connectivity index (χ0) is 15.8. The Bertz CT molecular complexity index is 462. The minimum absolute atomic E-state index is 0.0135. The highest BCUT2D eigenvalue weighted by Gasteiger charge is 2.24. The van der Waals surface area contributed by atoms with Crippen LogP contribution >= 0.6 is 0 Å². The molecule has 1 aromatic rings. The molecule has 1 aromatic heterocycles. The molecule has 1 aliphatic heterocycles. The van der Waals surface area contributed by atoms with Crippen LogP contribution in [0.2, 0.25) is 0 Å². The first kappa shape index (κ1) is 16.6. The van der Waals surface area contributed by atoms with Crippen molar-refractivity contribution >= 4 is 11.8 Å². The minimum Gasteiger partial charge on any atom is -0.472 e. The Morgan fingerprint density at radius 2 is 1.73 bits per heavy atom. The Kier molecular flexibility index (Phi) is 6.49. The average molecular weight is 306 g/mol. The molecule has 0 unspecified atom stereocenters. The van der Waals surface area contributed by atoms with E-state index in [1.807, 2.05) is 4.90 Å². The van der Waals surface area contributed by atoms with Crippen molar-refractivity contribution in [2.75, 3.05) is 26.2 Å². The Morgan fingerprint density at radius 3 is 2.36 bits per heavy atom. The van der Waals surface area contributed by atoms with E-state index >= 15 is 0 Å². The van der Waals surface area contributed by atoms with Gasteiger partial charge in [0, 0.05) is 32.6 Å². The number of nitrogens with zero attached hydrogens (tertiary/aromatic N) is 2. The summed E-state index contributed by atoms with van der Waals surface area (Å²) in [6.45, 7) is 4.67. The fourth-order valence-corrected chi connectivity index (χ4v) is 2.77. The molecule has 0 bridgehead atoms. The first-order valence-corrected chi connectivity index (χ1v) is 8.31. The van der Waals surface area contributed by atoms with Gasteiger partial charge >= 0.3 is 0 Å². The number of hydrogen-bond acceptors (Lipinski definition) is 3. The van der Waals surface area contributed by atoms with Crippen molar-refractivity contribution in [2.45, 2.75) is 45.4 Å². The fraction of sp³-hybridized carbons (Fsp3) is 0.647. The Balaban J connectivity index is 1.68. The molecule has 0 radical (unpaired) electrons. The highest BCUT2D eigenvalue weighted by Crippen LogP contribution is 2.12. The van der Waals surface area contributed by atoms with E-state index < -0.39 is 0 Å². The van der Waals surface area contributed by atoms with E-state index in [0.717, 1.165) is 12.8 Å². The average Bonchev–Trinajstić information content (AvgIpc) is 3.08. The van der Waals surface area contributed by atoms with Gasteiger partial charge < -0.3 is 14.2 Å². The number of carbonyl (C=O) groups excluding carboxylic acids is 2. The molecule has 0 atom stereocenters. The van der Waals surface area contributed by atoms with Gasteiger partial charge in [-0.15, -0.1) is 0 Å². The van der Waals surface area contributed by atoms with E-state index in [0.29, 0.717) is 38.2 Å². The molecule has 1 fully saturated rings. The van der Waals surface area contributed by atoms with E-state index in [4.69, 9.17) is 4.42 Å². The van der Waals surface area contributed by atoms with E-state index in [9.17, 15) is 9.59 Å². The summed E-state index contributed by atoms with van der Waals surface area (Å²) in [5.41, 5.74) is 0.579. The number of piperazine rings is 1. The first-order chi connectivity index (χ1) is 10.7. The Hall–Kier alpha value is -1.78. The smallest absolute Gasteiger partial charge is 0.257 e. The number of carbonyl (C=O) groups is 2. The van der Waals surface area contributed by atoms with Gasteiger partial charge in [-0.2, -0.15) is 0 Å². The van der Waals surface area contributed by atoms with Gasteiger partial charge in [-0.1, -0.05) is 32.6 Å². The predicted octanol–water partition coefficient (Wildman–Crippen LogP) is 2.92. The van der Waals surface area contributed by atoms with Crippen molar-refractivity contribution in [3.05, 3.63) is 24.2 Å². The topological polar surface area (TPSA) is 53.8 Å². The summed E-state index contributed by atoms with van der Waals surface area (Å²) in [7, 11) is 0. The van der Waals surface area contributed by atoms with Crippen molar-refractivity contribution in [1.29, 1.82) is 0 Å². The van der Waals surface area contributed by atoms with Crippen LogP contribution in [0.15, 0.2) is 23.0 Å². The lowest BCUT2D eigenvalue weighted by molar-refractivity contribution is -0.132. The summed E-state index contributed by atoms with van der Waals surface area (Å²) < 4.78 is 4.95. The third-order valence-corrected chi connectivity index (χ3v) is 4.18. The lowest BCUT2D eigenvalue weighted by Crippen LogP contribution is -2.50. The molecule has 0 saturated carbocycles. The maximum absolute atomic E-state index is 12.2. The third kappa shape index (κ3) is 4.61. The van der Waals surface area contributed by atoms with E-state index in [1.54, 1.807) is 11.0 Å². The second-order valence-electron chi connectivity index (χ2n) is 5.85. The summed E-state index contributed by atoms with van der Waals surface area (Å²) >= 11 is 0. The normalized spacial score (nSPS) is 15.1. The SMILES string of the molecule is CCCCCCCC(=O)N1CCN(C(=O)c2ccoc2)CC1. The molecule has 5 nitrogen and oxygen atoms in total. The van der Waals surface area contributed by atoms with E-state index in [2.05, 4.69) is 6.92 Å². The summed E-state index contributed by atoms with van der Waals surface area (Å²) in [4.78, 5) is 28.0. The molecule has 122 valence electrons. The van der Waals surface area contributed by atoms with Crippen LogP contribution in [0.3, 0.4) is 0 Å². The zero-order valence-electron chi connectivity index (χ0n) is 13.4.